The summed E-state index contributed by atoms with van der Waals surface area (Å²) in [5.41, 5.74) is 6.32. The lowest BCUT2D eigenvalue weighted by molar-refractivity contribution is 0.0987. The van der Waals surface area contributed by atoms with Crippen molar-refractivity contribution in [2.45, 2.75) is 13.0 Å². The number of carbonyl (C=O) groups is 1. The van der Waals surface area contributed by atoms with E-state index in [0.29, 0.717) is 24.5 Å². The van der Waals surface area contributed by atoms with Crippen LogP contribution in [0.15, 0.2) is 12.4 Å². The van der Waals surface area contributed by atoms with E-state index < -0.39 is 0 Å². The molecule has 0 aliphatic heterocycles. The zero-order valence-corrected chi connectivity index (χ0v) is 9.44. The van der Waals surface area contributed by atoms with Crippen molar-refractivity contribution in [2.75, 3.05) is 6.54 Å². The van der Waals surface area contributed by atoms with Crippen LogP contribution in [0.4, 0.5) is 0 Å². The van der Waals surface area contributed by atoms with Gasteiger partial charge in [-0.15, -0.1) is 10.2 Å². The molecule has 0 spiro atoms. The summed E-state index contributed by atoms with van der Waals surface area (Å²) in [6.45, 7) is 1.01. The second-order valence-electron chi connectivity index (χ2n) is 3.64. The monoisotopic (exact) mass is 235 g/mol. The van der Waals surface area contributed by atoms with Gasteiger partial charge in [-0.2, -0.15) is 0 Å². The van der Waals surface area contributed by atoms with Crippen molar-refractivity contribution in [1.29, 1.82) is 0 Å². The summed E-state index contributed by atoms with van der Waals surface area (Å²) in [7, 11) is 1.75. The van der Waals surface area contributed by atoms with Crippen molar-refractivity contribution in [3.8, 4) is 0 Å². The highest BCUT2D eigenvalue weighted by atomic mass is 16.1. The number of hydrogen-bond acceptors (Lipinski definition) is 6. The van der Waals surface area contributed by atoms with Gasteiger partial charge in [0, 0.05) is 19.8 Å². The molecule has 0 saturated heterocycles. The Hall–Kier alpha value is -2.09. The van der Waals surface area contributed by atoms with E-state index in [0.717, 1.165) is 0 Å². The molecule has 17 heavy (non-hydrogen) atoms. The summed E-state index contributed by atoms with van der Waals surface area (Å²) in [6.07, 6.45) is 3.46. The Morgan fingerprint density at radius 2 is 2.18 bits per heavy atom. The van der Waals surface area contributed by atoms with Crippen LogP contribution in [0.2, 0.25) is 0 Å². The van der Waals surface area contributed by atoms with Crippen molar-refractivity contribution in [3.63, 3.8) is 0 Å². The summed E-state index contributed by atoms with van der Waals surface area (Å²) >= 11 is 0. The van der Waals surface area contributed by atoms with E-state index in [4.69, 9.17) is 5.73 Å². The van der Waals surface area contributed by atoms with Crippen LogP contribution in [0.5, 0.6) is 0 Å². The van der Waals surface area contributed by atoms with Crippen molar-refractivity contribution < 1.29 is 4.79 Å². The topological polar surface area (TPSA) is 105 Å². The molecule has 2 heterocycles. The van der Waals surface area contributed by atoms with Crippen LogP contribution in [0.25, 0.3) is 0 Å². The standard InChI is InChI=1S/C9H13N7O/c1-15-5-7(11-13-15)4-9(17)8-6-16(3-2-10)14-12-8/h5-6H,2-4,10H2,1H3. The average molecular weight is 235 g/mol. The van der Waals surface area contributed by atoms with E-state index in [1.165, 1.54) is 0 Å². The number of aromatic nitrogens is 6. The zero-order valence-electron chi connectivity index (χ0n) is 9.44. The smallest absolute Gasteiger partial charge is 0.190 e. The average Bonchev–Trinajstić information content (AvgIpc) is 2.88. The van der Waals surface area contributed by atoms with Crippen LogP contribution in [-0.4, -0.2) is 42.3 Å². The second kappa shape index (κ2) is 4.83. The quantitative estimate of drug-likeness (QED) is 0.652. The van der Waals surface area contributed by atoms with E-state index in [2.05, 4.69) is 20.6 Å². The van der Waals surface area contributed by atoms with Gasteiger partial charge in [-0.05, 0) is 0 Å². The molecule has 2 rings (SSSR count). The predicted molar refractivity (Wildman–Crippen MR) is 58.1 cm³/mol. The molecule has 8 nitrogen and oxygen atoms in total. The summed E-state index contributed by atoms with van der Waals surface area (Å²) < 4.78 is 3.10. The minimum atomic E-state index is -0.131. The number of aryl methyl sites for hydroxylation is 1. The lowest BCUT2D eigenvalue weighted by atomic mass is 10.2. The summed E-state index contributed by atoms with van der Waals surface area (Å²) in [6, 6.07) is 0. The highest BCUT2D eigenvalue weighted by Crippen LogP contribution is 2.01. The Morgan fingerprint density at radius 3 is 2.82 bits per heavy atom. The number of carbonyl (C=O) groups excluding carboxylic acids is 1. The van der Waals surface area contributed by atoms with Gasteiger partial charge in [0.2, 0.25) is 0 Å². The van der Waals surface area contributed by atoms with E-state index in [-0.39, 0.29) is 12.2 Å². The van der Waals surface area contributed by atoms with Crippen LogP contribution in [0.1, 0.15) is 16.2 Å². The maximum absolute atomic E-state index is 11.8. The molecule has 2 N–H and O–H groups in total. The molecular formula is C9H13N7O. The highest BCUT2D eigenvalue weighted by Gasteiger charge is 2.13. The fourth-order valence-corrected chi connectivity index (χ4v) is 1.40. The first-order chi connectivity index (χ1) is 8.19. The Bertz CT molecular complexity index is 515. The van der Waals surface area contributed by atoms with E-state index in [1.807, 2.05) is 0 Å². The van der Waals surface area contributed by atoms with E-state index in [1.54, 1.807) is 28.8 Å². The number of rotatable bonds is 5. The van der Waals surface area contributed by atoms with Crippen molar-refractivity contribution in [3.05, 3.63) is 23.8 Å². The third-order valence-electron chi connectivity index (χ3n) is 2.17. The molecule has 90 valence electrons. The number of Topliss-reactive ketones (excluding diaryl/α,β-unsaturated/α-hetero) is 1. The zero-order chi connectivity index (χ0) is 12.3. The van der Waals surface area contributed by atoms with Crippen molar-refractivity contribution in [2.24, 2.45) is 12.8 Å². The SMILES string of the molecule is Cn1cc(CC(=O)c2cn(CCN)nn2)nn1. The normalized spacial score (nSPS) is 10.7. The summed E-state index contributed by atoms with van der Waals surface area (Å²) in [4.78, 5) is 11.8. The molecule has 0 saturated carbocycles. The van der Waals surface area contributed by atoms with Gasteiger partial charge in [0.25, 0.3) is 0 Å². The lowest BCUT2D eigenvalue weighted by Crippen LogP contribution is -2.10. The molecule has 2 aromatic heterocycles. The number of nitrogens with zero attached hydrogens (tertiary/aromatic N) is 6. The Labute approximate surface area is 97.4 Å². The predicted octanol–water partition coefficient (Wildman–Crippen LogP) is -1.21. The highest BCUT2D eigenvalue weighted by molar-refractivity contribution is 5.95. The van der Waals surface area contributed by atoms with Crippen LogP contribution >= 0.6 is 0 Å². The molecule has 0 aliphatic carbocycles. The molecule has 2 aromatic rings. The maximum Gasteiger partial charge on any atom is 0.190 e. The largest absolute Gasteiger partial charge is 0.329 e. The second-order valence-corrected chi connectivity index (χ2v) is 3.64. The minimum Gasteiger partial charge on any atom is -0.329 e. The van der Waals surface area contributed by atoms with Crippen molar-refractivity contribution >= 4 is 5.78 Å². The van der Waals surface area contributed by atoms with Gasteiger partial charge < -0.3 is 5.73 Å². The maximum atomic E-state index is 11.8. The minimum absolute atomic E-state index is 0.131. The molecule has 0 aromatic carbocycles. The summed E-state index contributed by atoms with van der Waals surface area (Å²) in [5, 5.41) is 15.2. The van der Waals surface area contributed by atoms with Gasteiger partial charge in [0.1, 0.15) is 5.69 Å². The summed E-state index contributed by atoms with van der Waals surface area (Å²) in [5.74, 6) is -0.131. The van der Waals surface area contributed by atoms with Crippen LogP contribution in [0.3, 0.4) is 0 Å². The first-order valence-electron chi connectivity index (χ1n) is 5.17. The number of nitrogens with two attached hydrogens (primary N) is 1. The van der Waals surface area contributed by atoms with Crippen LogP contribution in [0, 0.1) is 0 Å². The molecule has 0 radical (unpaired) electrons. The van der Waals surface area contributed by atoms with Gasteiger partial charge >= 0.3 is 0 Å². The molecule has 0 aliphatic rings. The Morgan fingerprint density at radius 1 is 1.35 bits per heavy atom. The fourth-order valence-electron chi connectivity index (χ4n) is 1.40. The molecule has 8 heteroatoms. The molecule has 0 unspecified atom stereocenters. The number of ketones is 1. The van der Waals surface area contributed by atoms with E-state index in [9.17, 15) is 4.79 Å². The molecular weight excluding hydrogens is 222 g/mol. The van der Waals surface area contributed by atoms with Gasteiger partial charge in [-0.3, -0.25) is 14.2 Å². The molecule has 0 amide bonds. The van der Waals surface area contributed by atoms with Crippen molar-refractivity contribution in [1.82, 2.24) is 30.0 Å². The Balaban J connectivity index is 2.03. The third-order valence-corrected chi connectivity index (χ3v) is 2.17. The fraction of sp³-hybridized carbons (Fsp3) is 0.444. The molecule has 0 atom stereocenters. The van der Waals surface area contributed by atoms with E-state index >= 15 is 0 Å². The third kappa shape index (κ3) is 2.72. The van der Waals surface area contributed by atoms with Gasteiger partial charge in [0.05, 0.1) is 24.9 Å². The van der Waals surface area contributed by atoms with Crippen LogP contribution in [-0.2, 0) is 20.0 Å². The first kappa shape index (κ1) is 11.4. The molecule has 0 bridgehead atoms. The molecule has 0 fully saturated rings. The van der Waals surface area contributed by atoms with Gasteiger partial charge in [-0.1, -0.05) is 10.4 Å². The van der Waals surface area contributed by atoms with Crippen LogP contribution < -0.4 is 5.73 Å². The number of hydrogen-bond donors (Lipinski definition) is 1. The van der Waals surface area contributed by atoms with Gasteiger partial charge in [0.15, 0.2) is 5.78 Å². The lowest BCUT2D eigenvalue weighted by Gasteiger charge is -1.93. The Kier molecular flexibility index (Phi) is 3.24. The first-order valence-corrected chi connectivity index (χ1v) is 5.17. The van der Waals surface area contributed by atoms with Gasteiger partial charge in [-0.25, -0.2) is 0 Å².